The average molecular weight is 667 g/mol. The number of nitrogens with zero attached hydrogens (tertiary/aromatic N) is 4. The van der Waals surface area contributed by atoms with Gasteiger partial charge in [0, 0.05) is 63.0 Å². The van der Waals surface area contributed by atoms with Crippen LogP contribution in [0.4, 0.5) is 16.3 Å². The molecule has 2 atom stereocenters. The van der Waals surface area contributed by atoms with Gasteiger partial charge in [-0.05, 0) is 73.1 Å². The number of benzene rings is 2. The van der Waals surface area contributed by atoms with E-state index in [1.165, 1.54) is 18.9 Å². The summed E-state index contributed by atoms with van der Waals surface area (Å²) in [4.78, 5) is 74.1. The first-order valence-electron chi connectivity index (χ1n) is 16.6. The van der Waals surface area contributed by atoms with Gasteiger partial charge >= 0.3 is 6.09 Å². The predicted molar refractivity (Wildman–Crippen MR) is 183 cm³/mol. The standard InChI is InChI=1S/C37H42N6O6/c1-23(32(45)39-29-12-11-25-19-37(20-28(25)18-29)30-10-7-15-38-31(30)40-33(37)46)43(34(47)36(3)13-16-42(17-14-36)24(2)44)22-27-9-6-5-8-26(27)21-41(4)35(48)49/h5-12,15,18,23H,13-14,16-17,19-22H2,1-4H3,(H,39,45)(H,48,49)(H,38,40,46)/t23-,37-/m1/s1. The van der Waals surface area contributed by atoms with Gasteiger partial charge in [0.05, 0.1) is 5.41 Å². The number of amides is 5. The van der Waals surface area contributed by atoms with Crippen molar-refractivity contribution < 1.29 is 29.1 Å². The molecule has 1 spiro atoms. The van der Waals surface area contributed by atoms with Crippen molar-refractivity contribution in [3.8, 4) is 0 Å². The van der Waals surface area contributed by atoms with Crippen LogP contribution in [0.25, 0.3) is 0 Å². The van der Waals surface area contributed by atoms with E-state index in [-0.39, 0.29) is 36.7 Å². The maximum atomic E-state index is 14.5. The molecular weight excluding hydrogens is 624 g/mol. The van der Waals surface area contributed by atoms with Crippen LogP contribution in [0.3, 0.4) is 0 Å². The number of likely N-dealkylation sites (tertiary alicyclic amines) is 1. The Kier molecular flexibility index (Phi) is 8.91. The van der Waals surface area contributed by atoms with E-state index in [9.17, 15) is 29.1 Å². The second kappa shape index (κ2) is 13.0. The Hall–Kier alpha value is -5.26. The van der Waals surface area contributed by atoms with Crippen LogP contribution in [-0.2, 0) is 50.5 Å². The first kappa shape index (κ1) is 33.6. The van der Waals surface area contributed by atoms with E-state index >= 15 is 0 Å². The predicted octanol–water partition coefficient (Wildman–Crippen LogP) is 4.18. The molecule has 49 heavy (non-hydrogen) atoms. The summed E-state index contributed by atoms with van der Waals surface area (Å²) in [6, 6.07) is 15.9. The fourth-order valence-corrected chi connectivity index (χ4v) is 7.37. The van der Waals surface area contributed by atoms with Gasteiger partial charge in [-0.15, -0.1) is 0 Å². The van der Waals surface area contributed by atoms with Gasteiger partial charge in [-0.3, -0.25) is 19.2 Å². The number of piperidine rings is 1. The first-order valence-corrected chi connectivity index (χ1v) is 16.6. The number of carbonyl (C=O) groups is 5. The number of aromatic nitrogens is 1. The Morgan fingerprint density at radius 3 is 2.35 bits per heavy atom. The summed E-state index contributed by atoms with van der Waals surface area (Å²) in [5, 5.41) is 15.4. The summed E-state index contributed by atoms with van der Waals surface area (Å²) in [5.41, 5.74) is 3.36. The van der Waals surface area contributed by atoms with E-state index in [2.05, 4.69) is 15.6 Å². The molecule has 3 aliphatic rings. The summed E-state index contributed by atoms with van der Waals surface area (Å²) < 4.78 is 0. The number of anilines is 2. The summed E-state index contributed by atoms with van der Waals surface area (Å²) in [5.74, 6) is -0.105. The molecule has 3 N–H and O–H groups in total. The minimum Gasteiger partial charge on any atom is -0.465 e. The molecule has 1 saturated heterocycles. The molecular formula is C37H42N6O6. The molecule has 2 aliphatic heterocycles. The fourth-order valence-electron chi connectivity index (χ4n) is 7.37. The molecule has 256 valence electrons. The number of carbonyl (C=O) groups excluding carboxylic acids is 4. The van der Waals surface area contributed by atoms with Gasteiger partial charge in [0.1, 0.15) is 11.9 Å². The second-order valence-electron chi connectivity index (χ2n) is 13.8. The highest BCUT2D eigenvalue weighted by atomic mass is 16.4. The third-order valence-corrected chi connectivity index (χ3v) is 10.6. The molecule has 0 unspecified atom stereocenters. The second-order valence-corrected chi connectivity index (χ2v) is 13.8. The van der Waals surface area contributed by atoms with E-state index in [0.717, 1.165) is 27.8 Å². The van der Waals surface area contributed by atoms with Gasteiger partial charge in [-0.2, -0.15) is 0 Å². The molecule has 6 rings (SSSR count). The molecule has 12 nitrogen and oxygen atoms in total. The summed E-state index contributed by atoms with van der Waals surface area (Å²) >= 11 is 0. The molecule has 5 amide bonds. The molecule has 0 radical (unpaired) electrons. The molecule has 3 aromatic rings. The minimum absolute atomic E-state index is 0.0368. The molecule has 12 heteroatoms. The van der Waals surface area contributed by atoms with Crippen molar-refractivity contribution in [3.63, 3.8) is 0 Å². The largest absolute Gasteiger partial charge is 0.465 e. The molecule has 1 aliphatic carbocycles. The summed E-state index contributed by atoms with van der Waals surface area (Å²) in [6.45, 7) is 6.21. The molecule has 2 aromatic carbocycles. The van der Waals surface area contributed by atoms with Crippen molar-refractivity contribution in [2.24, 2.45) is 5.41 Å². The van der Waals surface area contributed by atoms with Gasteiger partial charge in [0.25, 0.3) is 0 Å². The lowest BCUT2D eigenvalue weighted by molar-refractivity contribution is -0.151. The topological polar surface area (TPSA) is 152 Å². The van der Waals surface area contributed by atoms with Crippen LogP contribution in [0.2, 0.25) is 0 Å². The lowest BCUT2D eigenvalue weighted by atomic mass is 9.78. The van der Waals surface area contributed by atoms with Crippen LogP contribution in [0, 0.1) is 5.41 Å². The molecule has 1 aromatic heterocycles. The maximum absolute atomic E-state index is 14.5. The van der Waals surface area contributed by atoms with Crippen LogP contribution in [0.15, 0.2) is 60.8 Å². The highest BCUT2D eigenvalue weighted by molar-refractivity contribution is 6.06. The normalized spacial score (nSPS) is 19.4. The van der Waals surface area contributed by atoms with E-state index < -0.39 is 23.0 Å². The minimum atomic E-state index is -1.07. The highest BCUT2D eigenvalue weighted by Gasteiger charge is 2.51. The van der Waals surface area contributed by atoms with Gasteiger partial charge in [0.15, 0.2) is 0 Å². The number of fused-ring (bicyclic) bond motifs is 3. The number of hydrogen-bond donors (Lipinski definition) is 3. The van der Waals surface area contributed by atoms with Crippen molar-refractivity contribution in [1.82, 2.24) is 19.7 Å². The maximum Gasteiger partial charge on any atom is 0.407 e. The lowest BCUT2D eigenvalue weighted by Crippen LogP contribution is -2.54. The van der Waals surface area contributed by atoms with Crippen LogP contribution >= 0.6 is 0 Å². The summed E-state index contributed by atoms with van der Waals surface area (Å²) in [7, 11) is 1.48. The number of pyridine rings is 1. The lowest BCUT2D eigenvalue weighted by Gasteiger charge is -2.42. The van der Waals surface area contributed by atoms with E-state index in [1.807, 2.05) is 61.5 Å². The fraction of sp³-hybridized carbons (Fsp3) is 0.405. The quantitative estimate of drug-likeness (QED) is 0.326. The monoisotopic (exact) mass is 666 g/mol. The SMILES string of the molecule is CC(=O)N1CCC(C)(C(=O)N(Cc2ccccc2CN(C)C(=O)O)[C@H](C)C(=O)Nc2ccc3c(c2)C[C@@]2(C3)C(=O)Nc3ncccc32)CC1. The smallest absolute Gasteiger partial charge is 0.407 e. The zero-order valence-corrected chi connectivity index (χ0v) is 28.3. The average Bonchev–Trinajstić information content (AvgIpc) is 3.60. The Balaban J connectivity index is 1.25. The van der Waals surface area contributed by atoms with Crippen molar-refractivity contribution in [1.29, 1.82) is 0 Å². The van der Waals surface area contributed by atoms with Gasteiger partial charge < -0.3 is 30.4 Å². The summed E-state index contributed by atoms with van der Waals surface area (Å²) in [6.07, 6.45) is 2.52. The Morgan fingerprint density at radius 1 is 1.00 bits per heavy atom. The number of hydrogen-bond acceptors (Lipinski definition) is 6. The third kappa shape index (κ3) is 6.34. The first-order chi connectivity index (χ1) is 23.3. The Bertz CT molecular complexity index is 1840. The van der Waals surface area contributed by atoms with E-state index in [4.69, 9.17) is 0 Å². The molecule has 0 saturated carbocycles. The molecule has 1 fully saturated rings. The molecule has 0 bridgehead atoms. The van der Waals surface area contributed by atoms with Crippen LogP contribution in [0.5, 0.6) is 0 Å². The number of carboxylic acid groups (broad SMARTS) is 1. The Morgan fingerprint density at radius 2 is 1.67 bits per heavy atom. The van der Waals surface area contributed by atoms with Crippen molar-refractivity contribution in [3.05, 3.63) is 88.6 Å². The van der Waals surface area contributed by atoms with Crippen molar-refractivity contribution in [2.45, 2.75) is 71.0 Å². The zero-order chi connectivity index (χ0) is 35.1. The number of nitrogens with one attached hydrogen (secondary N) is 2. The van der Waals surface area contributed by atoms with E-state index in [0.29, 0.717) is 50.3 Å². The van der Waals surface area contributed by atoms with Gasteiger partial charge in [0.2, 0.25) is 23.6 Å². The number of rotatable bonds is 8. The van der Waals surface area contributed by atoms with Crippen LogP contribution < -0.4 is 10.6 Å². The zero-order valence-electron chi connectivity index (χ0n) is 28.3. The van der Waals surface area contributed by atoms with Crippen molar-refractivity contribution >= 4 is 41.2 Å². The molecule has 3 heterocycles. The van der Waals surface area contributed by atoms with E-state index in [1.54, 1.807) is 22.9 Å². The van der Waals surface area contributed by atoms with Gasteiger partial charge in [-0.25, -0.2) is 9.78 Å². The van der Waals surface area contributed by atoms with Gasteiger partial charge in [-0.1, -0.05) is 43.3 Å². The highest BCUT2D eigenvalue weighted by Crippen LogP contribution is 2.47. The van der Waals surface area contributed by atoms with Crippen LogP contribution in [0.1, 0.15) is 61.4 Å². The van der Waals surface area contributed by atoms with Crippen molar-refractivity contribution in [2.75, 3.05) is 30.8 Å². The van der Waals surface area contributed by atoms with Crippen LogP contribution in [-0.4, -0.2) is 80.7 Å². The third-order valence-electron chi connectivity index (χ3n) is 10.6. The Labute approximate surface area is 285 Å².